The molecule has 4 rings (SSSR count). The maximum atomic E-state index is 2.29. The van der Waals surface area contributed by atoms with Gasteiger partial charge in [0.1, 0.15) is 0 Å². The molecule has 146 valence electrons. The van der Waals surface area contributed by atoms with Gasteiger partial charge in [-0.25, -0.2) is 0 Å². The first-order chi connectivity index (χ1) is 12.2. The van der Waals surface area contributed by atoms with E-state index in [4.69, 9.17) is 0 Å². The number of hydrogen-bond acceptors (Lipinski definition) is 0. The summed E-state index contributed by atoms with van der Waals surface area (Å²) in [6, 6.07) is 27.8. The van der Waals surface area contributed by atoms with Crippen molar-refractivity contribution < 1.29 is 51.0 Å². The van der Waals surface area contributed by atoms with Gasteiger partial charge in [-0.05, 0) is 0 Å². The van der Waals surface area contributed by atoms with Gasteiger partial charge in [0.05, 0.1) is 0 Å². The predicted molar refractivity (Wildman–Crippen MR) is 115 cm³/mol. The molecule has 0 aliphatic carbocycles. The Kier molecular flexibility index (Phi) is 17.1. The SMILES string of the molecule is CCC(C)c1c[cH-]c2ccccc12.C[Si]C.[Cl-].[Cl-].[Zr+4].c1ccc2[cH-]ccc2c1. The minimum absolute atomic E-state index is 0. The summed E-state index contributed by atoms with van der Waals surface area (Å²) < 4.78 is 0. The molecule has 2 radical (unpaired) electrons. The molecule has 0 aromatic heterocycles. The van der Waals surface area contributed by atoms with Crippen LogP contribution in [0.1, 0.15) is 31.7 Å². The van der Waals surface area contributed by atoms with Crippen LogP contribution in [0.15, 0.2) is 78.9 Å². The minimum atomic E-state index is 0. The van der Waals surface area contributed by atoms with Crippen LogP contribution in [0.3, 0.4) is 0 Å². The molecule has 0 bridgehead atoms. The van der Waals surface area contributed by atoms with Crippen molar-refractivity contribution >= 4 is 31.1 Å². The molecule has 28 heavy (non-hydrogen) atoms. The van der Waals surface area contributed by atoms with Crippen LogP contribution in [0, 0.1) is 0 Å². The Morgan fingerprint density at radius 2 is 1.43 bits per heavy atom. The first kappa shape index (κ1) is 29.5. The summed E-state index contributed by atoms with van der Waals surface area (Å²) in [5.74, 6) is 0.680. The standard InChI is InChI=1S/C13H15.C9H7.C2H6Si.2ClH.Zr/c1-3-10(2)12-9-8-11-6-4-5-7-13(11)12;1-2-5-9-7-3-6-8(9)4-1;1-3-2;;;/h4-10H,3H2,1-2H3;1-7H;1-2H3;2*1H;/q2*-1;;;;+4/p-2. The molecule has 0 saturated carbocycles. The van der Waals surface area contributed by atoms with Crippen LogP contribution in [0.25, 0.3) is 21.5 Å². The van der Waals surface area contributed by atoms with E-state index in [-0.39, 0.29) is 51.0 Å². The van der Waals surface area contributed by atoms with Crippen LogP contribution >= 0.6 is 0 Å². The van der Waals surface area contributed by atoms with E-state index >= 15 is 0 Å². The van der Waals surface area contributed by atoms with E-state index in [0.717, 1.165) is 9.52 Å². The van der Waals surface area contributed by atoms with E-state index in [1.165, 1.54) is 33.5 Å². The van der Waals surface area contributed by atoms with E-state index in [9.17, 15) is 0 Å². The molecular weight excluding hydrogens is 478 g/mol. The minimum Gasteiger partial charge on any atom is -1.00 e. The first-order valence-corrected chi connectivity index (χ1v) is 11.0. The van der Waals surface area contributed by atoms with Crippen molar-refractivity contribution in [3.05, 3.63) is 84.4 Å². The zero-order chi connectivity index (χ0) is 18.1. The second kappa shape index (κ2) is 16.2. The summed E-state index contributed by atoms with van der Waals surface area (Å²) in [6.07, 6.45) is 1.22. The Hall–Kier alpha value is -0.660. The molecule has 0 aliphatic heterocycles. The number of halogens is 2. The van der Waals surface area contributed by atoms with E-state index in [1.807, 2.05) is 0 Å². The third-order valence-electron chi connectivity index (χ3n) is 4.41. The topological polar surface area (TPSA) is 0 Å². The van der Waals surface area contributed by atoms with Crippen molar-refractivity contribution in [1.29, 1.82) is 0 Å². The van der Waals surface area contributed by atoms with Crippen LogP contribution in [-0.4, -0.2) is 9.52 Å². The zero-order valence-electron chi connectivity index (χ0n) is 17.0. The third kappa shape index (κ3) is 8.37. The number of fused-ring (bicyclic) bond motifs is 2. The monoisotopic (exact) mass is 504 g/mol. The molecule has 0 amide bonds. The molecular formula is C24H28Cl2SiZr. The van der Waals surface area contributed by atoms with Crippen LogP contribution in [0.4, 0.5) is 0 Å². The molecule has 0 N–H and O–H groups in total. The summed E-state index contributed by atoms with van der Waals surface area (Å²) >= 11 is 0. The maximum Gasteiger partial charge on any atom is 4.00 e. The summed E-state index contributed by atoms with van der Waals surface area (Å²) in [7, 11) is 1.08. The van der Waals surface area contributed by atoms with E-state index < -0.39 is 0 Å². The van der Waals surface area contributed by atoms with E-state index in [1.54, 1.807) is 0 Å². The second-order valence-corrected chi connectivity index (χ2v) is 7.34. The number of rotatable bonds is 2. The molecule has 4 aromatic carbocycles. The van der Waals surface area contributed by atoms with Crippen LogP contribution in [0.5, 0.6) is 0 Å². The molecule has 0 heterocycles. The van der Waals surface area contributed by atoms with Gasteiger partial charge in [-0.2, -0.15) is 23.1 Å². The van der Waals surface area contributed by atoms with Crippen LogP contribution < -0.4 is 24.8 Å². The van der Waals surface area contributed by atoms with Crippen molar-refractivity contribution in [2.75, 3.05) is 0 Å². The summed E-state index contributed by atoms with van der Waals surface area (Å²) in [5.41, 5.74) is 1.50. The van der Waals surface area contributed by atoms with Gasteiger partial charge in [0.2, 0.25) is 0 Å². The predicted octanol–water partition coefficient (Wildman–Crippen LogP) is 1.42. The van der Waals surface area contributed by atoms with Crippen molar-refractivity contribution in [2.45, 2.75) is 39.3 Å². The molecule has 0 nitrogen and oxygen atoms in total. The fraction of sp³-hybridized carbons (Fsp3) is 0.250. The van der Waals surface area contributed by atoms with Gasteiger partial charge in [0.15, 0.2) is 0 Å². The molecule has 4 heteroatoms. The van der Waals surface area contributed by atoms with Crippen LogP contribution in [0.2, 0.25) is 13.1 Å². The maximum absolute atomic E-state index is 2.29. The van der Waals surface area contributed by atoms with Gasteiger partial charge >= 0.3 is 26.2 Å². The smallest absolute Gasteiger partial charge is 1.00 e. The van der Waals surface area contributed by atoms with Crippen molar-refractivity contribution in [2.24, 2.45) is 0 Å². The molecule has 4 aromatic rings. The normalized spacial score (nSPS) is 10.1. The molecule has 1 atom stereocenters. The Labute approximate surface area is 204 Å². The average molecular weight is 507 g/mol. The van der Waals surface area contributed by atoms with E-state index in [0.29, 0.717) is 5.92 Å². The van der Waals surface area contributed by atoms with Crippen LogP contribution in [-0.2, 0) is 26.2 Å². The zero-order valence-corrected chi connectivity index (χ0v) is 22.0. The Balaban J connectivity index is 0. The summed E-state index contributed by atoms with van der Waals surface area (Å²) in [5, 5.41) is 5.46. The number of hydrogen-bond donors (Lipinski definition) is 0. The Morgan fingerprint density at radius 3 is 2.04 bits per heavy atom. The summed E-state index contributed by atoms with van der Waals surface area (Å²) in [6.45, 7) is 8.84. The average Bonchev–Trinajstić information content (AvgIpc) is 3.29. The fourth-order valence-corrected chi connectivity index (χ4v) is 2.89. The Bertz CT molecular complexity index is 852. The van der Waals surface area contributed by atoms with E-state index in [2.05, 4.69) is 106 Å². The molecule has 1 unspecified atom stereocenters. The van der Waals surface area contributed by atoms with Gasteiger partial charge in [-0.3, -0.25) is 0 Å². The van der Waals surface area contributed by atoms with Crippen molar-refractivity contribution in [1.82, 2.24) is 0 Å². The Morgan fingerprint density at radius 1 is 0.857 bits per heavy atom. The molecule has 0 saturated heterocycles. The van der Waals surface area contributed by atoms with Crippen molar-refractivity contribution in [3.8, 4) is 0 Å². The van der Waals surface area contributed by atoms with Gasteiger partial charge < -0.3 is 24.8 Å². The van der Waals surface area contributed by atoms with Crippen molar-refractivity contribution in [3.63, 3.8) is 0 Å². The number of benzene rings is 2. The quantitative estimate of drug-likeness (QED) is 0.285. The molecule has 0 aliphatic rings. The fourth-order valence-electron chi connectivity index (χ4n) is 2.89. The molecule has 0 fully saturated rings. The second-order valence-electron chi connectivity index (χ2n) is 6.34. The first-order valence-electron chi connectivity index (χ1n) is 9.04. The molecule has 0 spiro atoms. The van der Waals surface area contributed by atoms with Gasteiger partial charge in [-0.1, -0.05) is 51.4 Å². The van der Waals surface area contributed by atoms with Gasteiger partial charge in [0, 0.05) is 9.52 Å². The largest absolute Gasteiger partial charge is 4.00 e. The summed E-state index contributed by atoms with van der Waals surface area (Å²) in [4.78, 5) is 0. The van der Waals surface area contributed by atoms with Gasteiger partial charge in [0.25, 0.3) is 0 Å². The van der Waals surface area contributed by atoms with Gasteiger partial charge in [-0.15, -0.1) is 70.8 Å². The third-order valence-corrected chi connectivity index (χ3v) is 4.41.